The monoisotopic (exact) mass is 427 g/mol. The molecule has 0 radical (unpaired) electrons. The molecule has 0 saturated heterocycles. The summed E-state index contributed by atoms with van der Waals surface area (Å²) in [6.45, 7) is -0.390. The first-order valence-electron chi connectivity index (χ1n) is 7.08. The van der Waals surface area contributed by atoms with Gasteiger partial charge in [0.25, 0.3) is 5.91 Å². The fourth-order valence-electron chi connectivity index (χ4n) is 1.84. The minimum absolute atomic E-state index is 0.0841. The van der Waals surface area contributed by atoms with Crippen LogP contribution in [0.1, 0.15) is 5.56 Å². The molecule has 0 aliphatic heterocycles. The van der Waals surface area contributed by atoms with Crippen molar-refractivity contribution >= 4 is 38.1 Å². The van der Waals surface area contributed by atoms with Crippen LogP contribution in [0.25, 0.3) is 0 Å². The average Bonchev–Trinajstić information content (AvgIpc) is 2.57. The molecule has 0 unspecified atom stereocenters. The van der Waals surface area contributed by atoms with Gasteiger partial charge in [0.1, 0.15) is 5.82 Å². The second-order valence-corrected chi connectivity index (χ2v) is 8.02. The number of hydrogen-bond acceptors (Lipinski definition) is 4. The molecule has 25 heavy (non-hydrogen) atoms. The topological polar surface area (TPSA) is 78.8 Å². The minimum Gasteiger partial charge on any atom is -0.272 e. The summed E-state index contributed by atoms with van der Waals surface area (Å²) in [6, 6.07) is 11.6. The largest absolute Gasteiger partial charge is 0.272 e. The molecule has 9 heteroatoms. The van der Waals surface area contributed by atoms with Crippen molar-refractivity contribution in [2.45, 2.75) is 4.90 Å². The molecule has 1 N–H and O–H groups in total. The lowest BCUT2D eigenvalue weighted by Crippen LogP contribution is -2.36. The first kappa shape index (κ1) is 19.2. The summed E-state index contributed by atoms with van der Waals surface area (Å²) in [5.41, 5.74) is 2.83. The molecule has 2 aromatic carbocycles. The van der Waals surface area contributed by atoms with Crippen LogP contribution in [0.5, 0.6) is 0 Å². The lowest BCUT2D eigenvalue weighted by Gasteiger charge is -2.16. The van der Waals surface area contributed by atoms with E-state index in [9.17, 15) is 17.6 Å². The normalized spacial score (nSPS) is 11.8. The van der Waals surface area contributed by atoms with Crippen LogP contribution in [0.2, 0.25) is 0 Å². The molecule has 1 amide bonds. The SMILES string of the molecule is CN(CC(=O)N/N=C\c1ccc(F)cc1)S(=O)(=O)c1ccc(Br)cc1. The molecule has 0 spiro atoms. The van der Waals surface area contributed by atoms with E-state index in [0.717, 1.165) is 8.78 Å². The van der Waals surface area contributed by atoms with Crippen LogP contribution >= 0.6 is 15.9 Å². The van der Waals surface area contributed by atoms with Crippen LogP contribution in [-0.4, -0.2) is 38.4 Å². The second-order valence-electron chi connectivity index (χ2n) is 5.06. The summed E-state index contributed by atoms with van der Waals surface area (Å²) in [5, 5.41) is 3.72. The second kappa shape index (κ2) is 8.32. The first-order chi connectivity index (χ1) is 11.8. The Bertz CT molecular complexity index is 869. The molecule has 0 saturated carbocycles. The lowest BCUT2D eigenvalue weighted by atomic mass is 10.2. The number of halogens is 2. The molecule has 6 nitrogen and oxygen atoms in total. The standard InChI is InChI=1S/C16H15BrFN3O3S/c1-21(25(23,24)15-8-4-13(17)5-9-15)11-16(22)20-19-10-12-2-6-14(18)7-3-12/h2-10H,11H2,1H3,(H,20,22)/b19-10-. The van der Waals surface area contributed by atoms with E-state index in [1.807, 2.05) is 0 Å². The molecule has 0 atom stereocenters. The number of benzene rings is 2. The van der Waals surface area contributed by atoms with Gasteiger partial charge in [0.05, 0.1) is 17.7 Å². The van der Waals surface area contributed by atoms with E-state index in [-0.39, 0.29) is 17.3 Å². The van der Waals surface area contributed by atoms with Crippen molar-refractivity contribution in [2.24, 2.45) is 5.10 Å². The van der Waals surface area contributed by atoms with E-state index >= 15 is 0 Å². The van der Waals surface area contributed by atoms with Crippen molar-refractivity contribution in [3.63, 3.8) is 0 Å². The minimum atomic E-state index is -3.77. The molecule has 2 aromatic rings. The highest BCUT2D eigenvalue weighted by atomic mass is 79.9. The number of nitrogens with zero attached hydrogens (tertiary/aromatic N) is 2. The van der Waals surface area contributed by atoms with Gasteiger partial charge in [0.15, 0.2) is 0 Å². The summed E-state index contributed by atoms with van der Waals surface area (Å²) in [5.74, 6) is -0.970. The molecule has 132 valence electrons. The molecule has 0 bridgehead atoms. The lowest BCUT2D eigenvalue weighted by molar-refractivity contribution is -0.121. The summed E-state index contributed by atoms with van der Waals surface area (Å²) in [4.78, 5) is 11.9. The van der Waals surface area contributed by atoms with Crippen molar-refractivity contribution in [1.29, 1.82) is 0 Å². The van der Waals surface area contributed by atoms with Gasteiger partial charge in [-0.3, -0.25) is 4.79 Å². The highest BCUT2D eigenvalue weighted by Gasteiger charge is 2.22. The van der Waals surface area contributed by atoms with Gasteiger partial charge in [-0.25, -0.2) is 18.2 Å². The third kappa shape index (κ3) is 5.45. The van der Waals surface area contributed by atoms with Gasteiger partial charge in [-0.2, -0.15) is 9.41 Å². The van der Waals surface area contributed by atoms with Gasteiger partial charge in [-0.1, -0.05) is 28.1 Å². The van der Waals surface area contributed by atoms with Gasteiger partial charge >= 0.3 is 0 Å². The van der Waals surface area contributed by atoms with Crippen molar-refractivity contribution in [1.82, 2.24) is 9.73 Å². The number of carbonyl (C=O) groups excluding carboxylic acids is 1. The van der Waals surface area contributed by atoms with Crippen molar-refractivity contribution in [3.8, 4) is 0 Å². The third-order valence-electron chi connectivity index (χ3n) is 3.16. The summed E-state index contributed by atoms with van der Waals surface area (Å²) in [7, 11) is -2.47. The van der Waals surface area contributed by atoms with E-state index in [1.54, 1.807) is 12.1 Å². The Balaban J connectivity index is 1.95. The summed E-state index contributed by atoms with van der Waals surface area (Å²) >= 11 is 3.23. The van der Waals surface area contributed by atoms with Crippen molar-refractivity contribution in [3.05, 3.63) is 64.4 Å². The Morgan fingerprint density at radius 1 is 1.20 bits per heavy atom. The van der Waals surface area contributed by atoms with Crippen molar-refractivity contribution < 1.29 is 17.6 Å². The van der Waals surface area contributed by atoms with Gasteiger partial charge in [-0.15, -0.1) is 0 Å². The Labute approximate surface area is 153 Å². The molecule has 0 heterocycles. The zero-order valence-corrected chi connectivity index (χ0v) is 15.6. The molecular weight excluding hydrogens is 413 g/mol. The molecule has 0 fully saturated rings. The number of amides is 1. The maximum atomic E-state index is 12.8. The smallest absolute Gasteiger partial charge is 0.255 e. The first-order valence-corrected chi connectivity index (χ1v) is 9.32. The van der Waals surface area contributed by atoms with E-state index in [2.05, 4.69) is 26.5 Å². The van der Waals surface area contributed by atoms with Gasteiger partial charge in [-0.05, 0) is 42.0 Å². The van der Waals surface area contributed by atoms with Crippen LogP contribution in [0.3, 0.4) is 0 Å². The fraction of sp³-hybridized carbons (Fsp3) is 0.125. The highest BCUT2D eigenvalue weighted by molar-refractivity contribution is 9.10. The molecule has 0 aromatic heterocycles. The number of rotatable bonds is 6. The van der Waals surface area contributed by atoms with Crippen LogP contribution in [0.15, 0.2) is 63.0 Å². The maximum Gasteiger partial charge on any atom is 0.255 e. The van der Waals surface area contributed by atoms with Gasteiger partial charge in [0.2, 0.25) is 10.0 Å². The fourth-order valence-corrected chi connectivity index (χ4v) is 3.23. The van der Waals surface area contributed by atoms with Crippen LogP contribution < -0.4 is 5.43 Å². The average molecular weight is 428 g/mol. The zero-order valence-electron chi connectivity index (χ0n) is 13.2. The maximum absolute atomic E-state index is 12.8. The van der Waals surface area contributed by atoms with E-state index in [0.29, 0.717) is 5.56 Å². The predicted molar refractivity (Wildman–Crippen MR) is 96.1 cm³/mol. The predicted octanol–water partition coefficient (Wildman–Crippen LogP) is 2.36. The Hall–Kier alpha value is -2.10. The van der Waals surface area contributed by atoms with E-state index < -0.39 is 15.9 Å². The number of nitrogens with one attached hydrogen (secondary N) is 1. The zero-order chi connectivity index (χ0) is 18.4. The molecular formula is C16H15BrFN3O3S. The quantitative estimate of drug-likeness (QED) is 0.567. The van der Waals surface area contributed by atoms with Crippen LogP contribution in [0, 0.1) is 5.82 Å². The van der Waals surface area contributed by atoms with Gasteiger partial charge < -0.3 is 0 Å². The Morgan fingerprint density at radius 3 is 2.40 bits per heavy atom. The van der Waals surface area contributed by atoms with E-state index in [4.69, 9.17) is 0 Å². The highest BCUT2D eigenvalue weighted by Crippen LogP contribution is 2.17. The summed E-state index contributed by atoms with van der Waals surface area (Å²) in [6.07, 6.45) is 1.33. The number of likely N-dealkylation sites (N-methyl/N-ethyl adjacent to an activating group) is 1. The summed E-state index contributed by atoms with van der Waals surface area (Å²) < 4.78 is 39.2. The number of hydrazone groups is 1. The van der Waals surface area contributed by atoms with Crippen LogP contribution in [0.4, 0.5) is 4.39 Å². The number of hydrogen-bond donors (Lipinski definition) is 1. The molecule has 0 aliphatic rings. The number of carbonyl (C=O) groups is 1. The van der Waals surface area contributed by atoms with Crippen LogP contribution in [-0.2, 0) is 14.8 Å². The van der Waals surface area contributed by atoms with Crippen molar-refractivity contribution in [2.75, 3.05) is 13.6 Å². The number of sulfonamides is 1. The van der Waals surface area contributed by atoms with Gasteiger partial charge in [0, 0.05) is 11.5 Å². The Morgan fingerprint density at radius 2 is 1.80 bits per heavy atom. The third-order valence-corrected chi connectivity index (χ3v) is 5.51. The Kier molecular flexibility index (Phi) is 6.40. The van der Waals surface area contributed by atoms with E-state index in [1.165, 1.54) is 49.7 Å². The molecule has 0 aliphatic carbocycles. The molecule has 2 rings (SSSR count).